The molecule has 108 valence electrons. The molecule has 1 fully saturated rings. The summed E-state index contributed by atoms with van der Waals surface area (Å²) in [7, 11) is 1.59. The molecule has 1 aromatic rings. The number of ether oxygens (including phenoxy) is 2. The van der Waals surface area contributed by atoms with E-state index in [2.05, 4.69) is 6.58 Å². The third-order valence-electron chi connectivity index (χ3n) is 3.49. The van der Waals surface area contributed by atoms with Crippen molar-refractivity contribution >= 4 is 5.57 Å². The van der Waals surface area contributed by atoms with E-state index >= 15 is 0 Å². The second kappa shape index (κ2) is 6.41. The number of hydrogen-bond acceptors (Lipinski definition) is 4. The highest BCUT2D eigenvalue weighted by Gasteiger charge is 2.19. The van der Waals surface area contributed by atoms with Crippen LogP contribution in [0, 0.1) is 10.1 Å². The van der Waals surface area contributed by atoms with Crippen molar-refractivity contribution in [2.45, 2.75) is 31.8 Å². The molecular formula is C15H19NO4. The molecule has 5 heteroatoms. The number of methoxy groups -OCH3 is 1. The van der Waals surface area contributed by atoms with Gasteiger partial charge in [0.2, 0.25) is 6.54 Å². The van der Waals surface area contributed by atoms with Crippen LogP contribution in [0.3, 0.4) is 0 Å². The van der Waals surface area contributed by atoms with Gasteiger partial charge in [0.25, 0.3) is 0 Å². The van der Waals surface area contributed by atoms with Gasteiger partial charge in [-0.15, -0.1) is 0 Å². The fourth-order valence-electron chi connectivity index (χ4n) is 2.42. The Bertz CT molecular complexity index is 507. The summed E-state index contributed by atoms with van der Waals surface area (Å²) in [6.45, 7) is 3.49. The molecule has 0 unspecified atom stereocenters. The van der Waals surface area contributed by atoms with Gasteiger partial charge in [-0.2, -0.15) is 0 Å². The van der Waals surface area contributed by atoms with Crippen LogP contribution < -0.4 is 9.47 Å². The molecule has 1 aromatic carbocycles. The summed E-state index contributed by atoms with van der Waals surface area (Å²) in [5, 5.41) is 10.6. The maximum Gasteiger partial charge on any atom is 0.228 e. The van der Waals surface area contributed by atoms with Crippen LogP contribution >= 0.6 is 0 Å². The highest BCUT2D eigenvalue weighted by atomic mass is 16.6. The fraction of sp³-hybridized carbons (Fsp3) is 0.467. The third-order valence-corrected chi connectivity index (χ3v) is 3.49. The first-order valence-corrected chi connectivity index (χ1v) is 6.75. The summed E-state index contributed by atoms with van der Waals surface area (Å²) in [5.41, 5.74) is 1.18. The molecule has 0 spiro atoms. The SMILES string of the molecule is C=C(C[N+](=O)[O-])c1ccc(OC)c(OC2CCCC2)c1. The molecule has 0 heterocycles. The lowest BCUT2D eigenvalue weighted by Gasteiger charge is -2.17. The van der Waals surface area contributed by atoms with E-state index < -0.39 is 0 Å². The Morgan fingerprint density at radius 1 is 1.40 bits per heavy atom. The summed E-state index contributed by atoms with van der Waals surface area (Å²) in [5.74, 6) is 1.29. The molecule has 1 saturated carbocycles. The Hall–Kier alpha value is -2.04. The van der Waals surface area contributed by atoms with Crippen molar-refractivity contribution in [2.75, 3.05) is 13.7 Å². The number of benzene rings is 1. The zero-order chi connectivity index (χ0) is 14.5. The van der Waals surface area contributed by atoms with Gasteiger partial charge in [-0.3, -0.25) is 10.1 Å². The number of nitro groups is 1. The predicted molar refractivity (Wildman–Crippen MR) is 76.8 cm³/mol. The van der Waals surface area contributed by atoms with Crippen molar-refractivity contribution in [1.82, 2.24) is 0 Å². The van der Waals surface area contributed by atoms with Crippen LogP contribution in [0.25, 0.3) is 5.57 Å². The molecule has 0 amide bonds. The molecule has 0 aliphatic heterocycles. The van der Waals surface area contributed by atoms with Crippen LogP contribution in [0.15, 0.2) is 24.8 Å². The van der Waals surface area contributed by atoms with Crippen LogP contribution in [-0.2, 0) is 0 Å². The molecule has 20 heavy (non-hydrogen) atoms. The first-order valence-electron chi connectivity index (χ1n) is 6.75. The summed E-state index contributed by atoms with van der Waals surface area (Å²) < 4.78 is 11.2. The molecule has 1 aliphatic rings. The van der Waals surface area contributed by atoms with Crippen molar-refractivity contribution in [1.29, 1.82) is 0 Å². The minimum Gasteiger partial charge on any atom is -0.493 e. The number of rotatable bonds is 6. The molecule has 0 N–H and O–H groups in total. The largest absolute Gasteiger partial charge is 0.493 e. The molecule has 0 atom stereocenters. The normalized spacial score (nSPS) is 15.1. The molecule has 5 nitrogen and oxygen atoms in total. The van der Waals surface area contributed by atoms with E-state index in [9.17, 15) is 10.1 Å². The molecule has 0 aromatic heterocycles. The van der Waals surface area contributed by atoms with Gasteiger partial charge < -0.3 is 9.47 Å². The Labute approximate surface area is 118 Å². The maximum atomic E-state index is 10.6. The summed E-state index contributed by atoms with van der Waals surface area (Å²) >= 11 is 0. The number of hydrogen-bond donors (Lipinski definition) is 0. The first-order chi connectivity index (χ1) is 9.60. The Morgan fingerprint density at radius 2 is 2.10 bits per heavy atom. The van der Waals surface area contributed by atoms with Crippen LogP contribution in [0.2, 0.25) is 0 Å². The van der Waals surface area contributed by atoms with Crippen molar-refractivity contribution in [3.05, 3.63) is 40.5 Å². The molecule has 1 aliphatic carbocycles. The van der Waals surface area contributed by atoms with Gasteiger partial charge in [0.05, 0.1) is 13.2 Å². The second-order valence-corrected chi connectivity index (χ2v) is 4.98. The van der Waals surface area contributed by atoms with E-state index in [0.29, 0.717) is 17.1 Å². The van der Waals surface area contributed by atoms with Crippen molar-refractivity contribution in [2.24, 2.45) is 0 Å². The summed E-state index contributed by atoms with van der Waals surface area (Å²) in [6.07, 6.45) is 4.66. The Kier molecular flexibility index (Phi) is 4.61. The second-order valence-electron chi connectivity index (χ2n) is 4.98. The highest BCUT2D eigenvalue weighted by molar-refractivity contribution is 5.66. The maximum absolute atomic E-state index is 10.6. The average Bonchev–Trinajstić information content (AvgIpc) is 2.90. The molecule has 2 rings (SSSR count). The van der Waals surface area contributed by atoms with Crippen molar-refractivity contribution in [3.63, 3.8) is 0 Å². The molecule has 0 radical (unpaired) electrons. The lowest BCUT2D eigenvalue weighted by Crippen LogP contribution is -2.12. The lowest BCUT2D eigenvalue weighted by atomic mass is 10.1. The Balaban J connectivity index is 2.18. The standard InChI is InChI=1S/C15H19NO4/c1-11(10-16(17)18)12-7-8-14(19-2)15(9-12)20-13-5-3-4-6-13/h7-9,13H,1,3-6,10H2,2H3. The van der Waals surface area contributed by atoms with E-state index in [4.69, 9.17) is 9.47 Å². The van der Waals surface area contributed by atoms with Crippen LogP contribution in [-0.4, -0.2) is 24.7 Å². The van der Waals surface area contributed by atoms with E-state index in [1.807, 2.05) is 0 Å². The quantitative estimate of drug-likeness (QED) is 0.591. The zero-order valence-corrected chi connectivity index (χ0v) is 11.6. The lowest BCUT2D eigenvalue weighted by molar-refractivity contribution is -0.465. The smallest absolute Gasteiger partial charge is 0.228 e. The monoisotopic (exact) mass is 277 g/mol. The molecule has 0 bridgehead atoms. The summed E-state index contributed by atoms with van der Waals surface area (Å²) in [4.78, 5) is 10.2. The Morgan fingerprint density at radius 3 is 2.70 bits per heavy atom. The summed E-state index contributed by atoms with van der Waals surface area (Å²) in [6, 6.07) is 5.32. The van der Waals surface area contributed by atoms with Gasteiger partial charge in [0, 0.05) is 10.5 Å². The van der Waals surface area contributed by atoms with E-state index in [1.165, 1.54) is 12.8 Å². The van der Waals surface area contributed by atoms with Crippen LogP contribution in [0.4, 0.5) is 0 Å². The topological polar surface area (TPSA) is 61.6 Å². The predicted octanol–water partition coefficient (Wildman–Crippen LogP) is 3.31. The number of nitrogens with zero attached hydrogens (tertiary/aromatic N) is 1. The van der Waals surface area contributed by atoms with Gasteiger partial charge in [-0.05, 0) is 43.4 Å². The minimum atomic E-state index is -0.385. The highest BCUT2D eigenvalue weighted by Crippen LogP contribution is 2.33. The first kappa shape index (κ1) is 14.4. The third kappa shape index (κ3) is 3.50. The average molecular weight is 277 g/mol. The van der Waals surface area contributed by atoms with Crippen molar-refractivity contribution in [3.8, 4) is 11.5 Å². The van der Waals surface area contributed by atoms with Gasteiger partial charge in [0.1, 0.15) is 0 Å². The van der Waals surface area contributed by atoms with Gasteiger partial charge in [0.15, 0.2) is 11.5 Å². The van der Waals surface area contributed by atoms with Gasteiger partial charge in [-0.1, -0.05) is 12.6 Å². The fourth-order valence-corrected chi connectivity index (χ4v) is 2.42. The van der Waals surface area contributed by atoms with E-state index in [1.54, 1.807) is 25.3 Å². The van der Waals surface area contributed by atoms with Crippen LogP contribution in [0.1, 0.15) is 31.2 Å². The van der Waals surface area contributed by atoms with Crippen LogP contribution in [0.5, 0.6) is 11.5 Å². The van der Waals surface area contributed by atoms with Gasteiger partial charge in [-0.25, -0.2) is 0 Å². The van der Waals surface area contributed by atoms with Gasteiger partial charge >= 0.3 is 0 Å². The zero-order valence-electron chi connectivity index (χ0n) is 11.6. The van der Waals surface area contributed by atoms with Crippen molar-refractivity contribution < 1.29 is 14.4 Å². The molecule has 0 saturated heterocycles. The minimum absolute atomic E-state index is 0.211. The molecular weight excluding hydrogens is 258 g/mol. The van der Waals surface area contributed by atoms with E-state index in [0.717, 1.165) is 18.4 Å². The van der Waals surface area contributed by atoms with E-state index in [-0.39, 0.29) is 17.6 Å².